The van der Waals surface area contributed by atoms with Crippen molar-refractivity contribution in [3.05, 3.63) is 120 Å². The van der Waals surface area contributed by atoms with Crippen LogP contribution < -0.4 is 0 Å². The largest absolute Gasteiger partial charge is 0.394 e. The van der Waals surface area contributed by atoms with E-state index in [4.69, 9.17) is 4.74 Å². The zero-order valence-electron chi connectivity index (χ0n) is 26.7. The number of aliphatic hydroxyl groups excluding tert-OH is 1. The number of nitrogens with zero attached hydrogens (tertiary/aromatic N) is 3. The molecular formula is C39H43N3O3. The molecule has 6 rings (SSSR count). The van der Waals surface area contributed by atoms with Crippen LogP contribution in [0.15, 0.2) is 103 Å². The maximum atomic E-state index is 14.6. The summed E-state index contributed by atoms with van der Waals surface area (Å²) < 4.78 is 8.79. The molecule has 5 aromatic rings. The van der Waals surface area contributed by atoms with Gasteiger partial charge in [0.2, 0.25) is 0 Å². The highest BCUT2D eigenvalue weighted by Crippen LogP contribution is 2.38. The molecule has 0 radical (unpaired) electrons. The standard InChI is InChI=1S/C39H43N3O3/c1-27-22-42(28(2)25-43)39(44)38-37(34-16-10-11-17-35(34)41(38)4)33-15-9-8-14-32(33)26-45-36(27)24-40(3)23-29-18-20-31(21-19-29)30-12-6-5-7-13-30/h5-21,27-28,36,43H,22-26H2,1-4H3/t27-,28+,36-/m1/s1. The van der Waals surface area contributed by atoms with E-state index in [0.29, 0.717) is 25.4 Å². The summed E-state index contributed by atoms with van der Waals surface area (Å²) in [6, 6.07) is 35.3. The van der Waals surface area contributed by atoms with Crippen LogP contribution in [0.3, 0.4) is 0 Å². The number of aromatic nitrogens is 1. The van der Waals surface area contributed by atoms with Crippen molar-refractivity contribution >= 4 is 16.8 Å². The van der Waals surface area contributed by atoms with Crippen LogP contribution in [0.1, 0.15) is 35.5 Å². The lowest BCUT2D eigenvalue weighted by molar-refractivity contribution is -0.0242. The summed E-state index contributed by atoms with van der Waals surface area (Å²) in [6.07, 6.45) is -0.134. The Morgan fingerprint density at radius 2 is 1.58 bits per heavy atom. The third kappa shape index (κ3) is 6.32. The van der Waals surface area contributed by atoms with E-state index in [0.717, 1.165) is 34.1 Å². The number of amides is 1. The normalized spacial score (nSPS) is 18.0. The molecule has 45 heavy (non-hydrogen) atoms. The molecule has 1 amide bonds. The van der Waals surface area contributed by atoms with Crippen molar-refractivity contribution in [2.24, 2.45) is 13.0 Å². The molecule has 1 aliphatic rings. The Labute approximate surface area is 266 Å². The van der Waals surface area contributed by atoms with Gasteiger partial charge in [0, 0.05) is 49.1 Å². The molecule has 0 unspecified atom stereocenters. The van der Waals surface area contributed by atoms with Gasteiger partial charge in [-0.15, -0.1) is 0 Å². The maximum absolute atomic E-state index is 14.6. The van der Waals surface area contributed by atoms with Crippen LogP contribution in [0, 0.1) is 5.92 Å². The van der Waals surface area contributed by atoms with Crippen LogP contribution in [0.2, 0.25) is 0 Å². The highest BCUT2D eigenvalue weighted by Gasteiger charge is 2.33. The molecule has 1 aromatic heterocycles. The van der Waals surface area contributed by atoms with Crippen LogP contribution in [0.5, 0.6) is 0 Å². The molecule has 232 valence electrons. The van der Waals surface area contributed by atoms with E-state index >= 15 is 0 Å². The number of ether oxygens (including phenoxy) is 1. The number of aryl methyl sites for hydroxylation is 1. The third-order valence-electron chi connectivity index (χ3n) is 9.23. The highest BCUT2D eigenvalue weighted by atomic mass is 16.5. The van der Waals surface area contributed by atoms with Crippen molar-refractivity contribution in [3.8, 4) is 22.3 Å². The molecule has 6 heteroatoms. The van der Waals surface area contributed by atoms with Crippen molar-refractivity contribution in [2.75, 3.05) is 26.7 Å². The summed E-state index contributed by atoms with van der Waals surface area (Å²) in [5.41, 5.74) is 8.29. The average molecular weight is 602 g/mol. The molecule has 2 heterocycles. The van der Waals surface area contributed by atoms with Crippen molar-refractivity contribution in [2.45, 2.75) is 39.1 Å². The topological polar surface area (TPSA) is 57.9 Å². The SMILES string of the molecule is C[C@@H]1CN([C@@H](C)CO)C(=O)c2c(c3ccccc3n2C)-c2ccccc2CO[C@@H]1CN(C)Cc1ccc(-c2ccccc2)cc1. The fourth-order valence-electron chi connectivity index (χ4n) is 6.64. The first-order chi connectivity index (χ1) is 21.9. The number of likely N-dealkylation sites (N-methyl/N-ethyl adjacent to an activating group) is 1. The molecule has 0 spiro atoms. The van der Waals surface area contributed by atoms with Crippen LogP contribution in [0.4, 0.5) is 0 Å². The summed E-state index contributed by atoms with van der Waals surface area (Å²) in [4.78, 5) is 18.7. The molecule has 0 bridgehead atoms. The molecule has 3 atom stereocenters. The van der Waals surface area contributed by atoms with Gasteiger partial charge < -0.3 is 19.3 Å². The molecule has 0 fully saturated rings. The third-order valence-corrected chi connectivity index (χ3v) is 9.23. The fourth-order valence-corrected chi connectivity index (χ4v) is 6.64. The Hall–Kier alpha value is -4.23. The van der Waals surface area contributed by atoms with Gasteiger partial charge in [-0.25, -0.2) is 0 Å². The van der Waals surface area contributed by atoms with E-state index in [1.54, 1.807) is 0 Å². The number of fused-ring (bicyclic) bond motifs is 5. The Bertz CT molecular complexity index is 1760. The minimum absolute atomic E-state index is 0.0225. The highest BCUT2D eigenvalue weighted by molar-refractivity contribution is 6.10. The van der Waals surface area contributed by atoms with Gasteiger partial charge in [0.1, 0.15) is 5.69 Å². The molecule has 1 N–H and O–H groups in total. The van der Waals surface area contributed by atoms with Gasteiger partial charge in [0.25, 0.3) is 5.91 Å². The Balaban J connectivity index is 1.31. The van der Waals surface area contributed by atoms with Gasteiger partial charge in [-0.05, 0) is 47.9 Å². The number of aliphatic hydroxyl groups is 1. The number of benzene rings is 4. The first-order valence-electron chi connectivity index (χ1n) is 15.9. The van der Waals surface area contributed by atoms with E-state index in [-0.39, 0.29) is 30.6 Å². The second-order valence-corrected chi connectivity index (χ2v) is 12.5. The molecule has 0 saturated heterocycles. The van der Waals surface area contributed by atoms with Crippen LogP contribution in [0.25, 0.3) is 33.2 Å². The van der Waals surface area contributed by atoms with Crippen LogP contribution in [-0.4, -0.2) is 64.3 Å². The fraction of sp³-hybridized carbons (Fsp3) is 0.308. The van der Waals surface area contributed by atoms with Crippen molar-refractivity contribution in [1.82, 2.24) is 14.4 Å². The summed E-state index contributed by atoms with van der Waals surface area (Å²) >= 11 is 0. The second kappa shape index (κ2) is 13.4. The van der Waals surface area contributed by atoms with Crippen LogP contribution in [-0.2, 0) is 24.9 Å². The van der Waals surface area contributed by atoms with Gasteiger partial charge >= 0.3 is 0 Å². The molecule has 4 aromatic carbocycles. The van der Waals surface area contributed by atoms with Gasteiger partial charge in [-0.1, -0.05) is 104 Å². The number of hydrogen-bond acceptors (Lipinski definition) is 4. The lowest BCUT2D eigenvalue weighted by Crippen LogP contribution is -2.47. The smallest absolute Gasteiger partial charge is 0.271 e. The zero-order chi connectivity index (χ0) is 31.5. The summed E-state index contributed by atoms with van der Waals surface area (Å²) in [5, 5.41) is 11.3. The first-order valence-corrected chi connectivity index (χ1v) is 15.9. The van der Waals surface area contributed by atoms with E-state index in [1.807, 2.05) is 53.8 Å². The molecule has 0 aliphatic carbocycles. The van der Waals surface area contributed by atoms with E-state index in [2.05, 4.69) is 91.7 Å². The van der Waals surface area contributed by atoms with Gasteiger partial charge in [0.15, 0.2) is 0 Å². The molecule has 0 saturated carbocycles. The zero-order valence-corrected chi connectivity index (χ0v) is 26.7. The minimum atomic E-state index is -0.344. The predicted molar refractivity (Wildman–Crippen MR) is 182 cm³/mol. The number of carbonyl (C=O) groups excluding carboxylic acids is 1. The monoisotopic (exact) mass is 601 g/mol. The lowest BCUT2D eigenvalue weighted by atomic mass is 9.96. The first kappa shape index (κ1) is 30.8. The predicted octanol–water partition coefficient (Wildman–Crippen LogP) is 7.00. The quantitative estimate of drug-likeness (QED) is 0.218. The second-order valence-electron chi connectivity index (χ2n) is 12.5. The molecule has 1 aliphatic heterocycles. The van der Waals surface area contributed by atoms with Crippen molar-refractivity contribution in [1.29, 1.82) is 0 Å². The Kier molecular flexibility index (Phi) is 9.17. The van der Waals surface area contributed by atoms with Gasteiger partial charge in [0.05, 0.1) is 25.4 Å². The van der Waals surface area contributed by atoms with E-state index in [9.17, 15) is 9.90 Å². The maximum Gasteiger partial charge on any atom is 0.271 e. The Morgan fingerprint density at radius 1 is 0.911 bits per heavy atom. The van der Waals surface area contributed by atoms with E-state index in [1.165, 1.54) is 16.7 Å². The number of para-hydroxylation sites is 1. The minimum Gasteiger partial charge on any atom is -0.394 e. The number of carbonyl (C=O) groups is 1. The van der Waals surface area contributed by atoms with Crippen molar-refractivity contribution in [3.63, 3.8) is 0 Å². The summed E-state index contributed by atoms with van der Waals surface area (Å²) in [5.74, 6) is -0.0475. The number of rotatable bonds is 7. The number of hydrogen-bond donors (Lipinski definition) is 1. The Morgan fingerprint density at radius 3 is 2.33 bits per heavy atom. The van der Waals surface area contributed by atoms with Gasteiger partial charge in [-0.3, -0.25) is 9.69 Å². The van der Waals surface area contributed by atoms with Crippen molar-refractivity contribution < 1.29 is 14.6 Å². The summed E-state index contributed by atoms with van der Waals surface area (Å²) in [6.45, 7) is 6.37. The average Bonchev–Trinajstić information content (AvgIpc) is 3.36. The van der Waals surface area contributed by atoms with Crippen LogP contribution >= 0.6 is 0 Å². The molecule has 6 nitrogen and oxygen atoms in total. The lowest BCUT2D eigenvalue weighted by Gasteiger charge is -2.35. The molecular weight excluding hydrogens is 558 g/mol. The van der Waals surface area contributed by atoms with E-state index < -0.39 is 0 Å². The summed E-state index contributed by atoms with van der Waals surface area (Å²) in [7, 11) is 4.09. The van der Waals surface area contributed by atoms with Gasteiger partial charge in [-0.2, -0.15) is 0 Å².